The third-order valence-corrected chi connectivity index (χ3v) is 4.43. The summed E-state index contributed by atoms with van der Waals surface area (Å²) in [6, 6.07) is 9.92. The maximum Gasteiger partial charge on any atom is 0.194 e. The molecule has 0 fully saturated rings. The molecule has 1 nitrogen and oxygen atoms in total. The molecule has 2 aromatic carbocycles. The maximum atomic E-state index is 13.3. The molecular formula is C16H13Br2FO. The first-order valence-electron chi connectivity index (χ1n) is 6.24. The molecule has 0 bridgehead atoms. The van der Waals surface area contributed by atoms with Crippen LogP contribution in [0, 0.1) is 5.82 Å². The average molecular weight is 400 g/mol. The second-order valence-electron chi connectivity index (χ2n) is 4.43. The first-order valence-corrected chi connectivity index (χ1v) is 8.15. The number of hydrogen-bond donors (Lipinski definition) is 0. The first-order chi connectivity index (χ1) is 9.56. The molecule has 0 aliphatic heterocycles. The van der Waals surface area contributed by atoms with Gasteiger partial charge in [0.2, 0.25) is 0 Å². The van der Waals surface area contributed by atoms with Crippen LogP contribution in [0.25, 0.3) is 0 Å². The van der Waals surface area contributed by atoms with Gasteiger partial charge in [-0.2, -0.15) is 0 Å². The van der Waals surface area contributed by atoms with E-state index in [-0.39, 0.29) is 11.6 Å². The number of benzene rings is 2. The van der Waals surface area contributed by atoms with E-state index in [1.54, 1.807) is 12.1 Å². The third kappa shape index (κ3) is 3.18. The Balaban J connectivity index is 2.46. The number of carbonyl (C=O) groups is 1. The zero-order valence-electron chi connectivity index (χ0n) is 10.9. The van der Waals surface area contributed by atoms with Crippen LogP contribution in [0.5, 0.6) is 0 Å². The number of ketones is 1. The Morgan fingerprint density at radius 3 is 2.45 bits per heavy atom. The van der Waals surface area contributed by atoms with Crippen LogP contribution in [0.15, 0.2) is 40.9 Å². The Hall–Kier alpha value is -1.000. The smallest absolute Gasteiger partial charge is 0.194 e. The van der Waals surface area contributed by atoms with E-state index in [0.717, 1.165) is 20.9 Å². The normalized spacial score (nSPS) is 10.6. The van der Waals surface area contributed by atoms with Gasteiger partial charge in [-0.1, -0.05) is 44.8 Å². The molecule has 0 radical (unpaired) electrons. The quantitative estimate of drug-likeness (QED) is 0.505. The summed E-state index contributed by atoms with van der Waals surface area (Å²) in [6.45, 7) is 1.91. The molecular weight excluding hydrogens is 387 g/mol. The van der Waals surface area contributed by atoms with Crippen molar-refractivity contribution in [2.75, 3.05) is 0 Å². The molecule has 0 aliphatic carbocycles. The van der Waals surface area contributed by atoms with E-state index in [1.807, 2.05) is 19.1 Å². The highest BCUT2D eigenvalue weighted by Gasteiger charge is 2.16. The zero-order chi connectivity index (χ0) is 14.7. The molecule has 4 heteroatoms. The van der Waals surface area contributed by atoms with Crippen LogP contribution >= 0.6 is 31.9 Å². The first kappa shape index (κ1) is 15.4. The lowest BCUT2D eigenvalue weighted by atomic mass is 9.96. The number of aryl methyl sites for hydroxylation is 1. The van der Waals surface area contributed by atoms with Crippen molar-refractivity contribution in [2.24, 2.45) is 0 Å². The van der Waals surface area contributed by atoms with Crippen molar-refractivity contribution in [3.8, 4) is 0 Å². The highest BCUT2D eigenvalue weighted by Crippen LogP contribution is 2.24. The van der Waals surface area contributed by atoms with Crippen molar-refractivity contribution in [2.45, 2.75) is 18.7 Å². The molecule has 20 heavy (non-hydrogen) atoms. The molecule has 104 valence electrons. The monoisotopic (exact) mass is 398 g/mol. The molecule has 0 unspecified atom stereocenters. The molecule has 0 heterocycles. The molecule has 2 aromatic rings. The number of rotatable bonds is 4. The van der Waals surface area contributed by atoms with Crippen molar-refractivity contribution in [3.05, 3.63) is 68.9 Å². The summed E-state index contributed by atoms with van der Waals surface area (Å²) >= 11 is 6.81. The summed E-state index contributed by atoms with van der Waals surface area (Å²) in [5.41, 5.74) is 2.96. The van der Waals surface area contributed by atoms with Crippen LogP contribution < -0.4 is 0 Å². The highest BCUT2D eigenvalue weighted by molar-refractivity contribution is 9.10. The van der Waals surface area contributed by atoms with Crippen LogP contribution in [-0.2, 0) is 11.8 Å². The SMILES string of the molecule is CCc1cc(F)ccc1C(=O)c1ccc(CBr)cc1Br. The van der Waals surface area contributed by atoms with Crippen molar-refractivity contribution in [1.82, 2.24) is 0 Å². The minimum Gasteiger partial charge on any atom is -0.289 e. The molecule has 0 aromatic heterocycles. The topological polar surface area (TPSA) is 17.1 Å². The Labute approximate surface area is 134 Å². The van der Waals surface area contributed by atoms with Crippen molar-refractivity contribution >= 4 is 37.6 Å². The van der Waals surface area contributed by atoms with Crippen molar-refractivity contribution in [3.63, 3.8) is 0 Å². The number of hydrogen-bond acceptors (Lipinski definition) is 1. The van der Waals surface area contributed by atoms with Crippen molar-refractivity contribution in [1.29, 1.82) is 0 Å². The lowest BCUT2D eigenvalue weighted by Gasteiger charge is -2.09. The van der Waals surface area contributed by atoms with Gasteiger partial charge < -0.3 is 0 Å². The van der Waals surface area contributed by atoms with Crippen LogP contribution in [-0.4, -0.2) is 5.78 Å². The fourth-order valence-corrected chi connectivity index (χ4v) is 3.00. The second kappa shape index (κ2) is 6.64. The minimum atomic E-state index is -0.313. The molecule has 0 amide bonds. The number of halogens is 3. The maximum absolute atomic E-state index is 13.3. The van der Waals surface area contributed by atoms with Crippen LogP contribution in [0.4, 0.5) is 4.39 Å². The van der Waals surface area contributed by atoms with Gasteiger partial charge in [0.25, 0.3) is 0 Å². The highest BCUT2D eigenvalue weighted by atomic mass is 79.9. The van der Waals surface area contributed by atoms with E-state index < -0.39 is 0 Å². The Kier molecular flexibility index (Phi) is 5.11. The minimum absolute atomic E-state index is 0.0881. The molecule has 0 N–H and O–H groups in total. The fourth-order valence-electron chi connectivity index (χ4n) is 2.05. The molecule has 0 atom stereocenters. The van der Waals surface area contributed by atoms with Crippen molar-refractivity contribution < 1.29 is 9.18 Å². The summed E-state index contributed by atoms with van der Waals surface area (Å²) in [6.07, 6.45) is 0.621. The summed E-state index contributed by atoms with van der Waals surface area (Å²) < 4.78 is 14.0. The van der Waals surface area contributed by atoms with Gasteiger partial charge in [0.05, 0.1) is 0 Å². The predicted octanol–water partition coefficient (Wildman–Crippen LogP) is 5.28. The largest absolute Gasteiger partial charge is 0.289 e. The van der Waals surface area contributed by atoms with E-state index in [2.05, 4.69) is 31.9 Å². The van der Waals surface area contributed by atoms with E-state index in [9.17, 15) is 9.18 Å². The summed E-state index contributed by atoms with van der Waals surface area (Å²) in [5.74, 6) is -0.401. The Morgan fingerprint density at radius 1 is 1.15 bits per heavy atom. The number of carbonyl (C=O) groups excluding carboxylic acids is 1. The summed E-state index contributed by atoms with van der Waals surface area (Å²) in [7, 11) is 0. The van der Waals surface area contributed by atoms with E-state index in [1.165, 1.54) is 12.1 Å². The fraction of sp³-hybridized carbons (Fsp3) is 0.188. The van der Waals surface area contributed by atoms with Gasteiger partial charge in [-0.05, 0) is 47.9 Å². The predicted molar refractivity (Wildman–Crippen MR) is 86.0 cm³/mol. The van der Waals surface area contributed by atoms with Gasteiger partial charge in [0, 0.05) is 20.9 Å². The Morgan fingerprint density at radius 2 is 1.85 bits per heavy atom. The van der Waals surface area contributed by atoms with Gasteiger partial charge >= 0.3 is 0 Å². The summed E-state index contributed by atoms with van der Waals surface area (Å²) in [5, 5.41) is 0.733. The Bertz CT molecular complexity index is 653. The van der Waals surface area contributed by atoms with Gasteiger partial charge in [0.1, 0.15) is 5.82 Å². The average Bonchev–Trinajstić information content (AvgIpc) is 2.46. The van der Waals surface area contributed by atoms with E-state index in [0.29, 0.717) is 17.5 Å². The lowest BCUT2D eigenvalue weighted by molar-refractivity contribution is 0.103. The van der Waals surface area contributed by atoms with Gasteiger partial charge in [-0.15, -0.1) is 0 Å². The van der Waals surface area contributed by atoms with Crippen LogP contribution in [0.2, 0.25) is 0 Å². The van der Waals surface area contributed by atoms with Gasteiger partial charge in [-0.3, -0.25) is 4.79 Å². The van der Waals surface area contributed by atoms with E-state index in [4.69, 9.17) is 0 Å². The van der Waals surface area contributed by atoms with Gasteiger partial charge in [0.15, 0.2) is 5.78 Å². The molecule has 0 saturated carbocycles. The zero-order valence-corrected chi connectivity index (χ0v) is 14.1. The molecule has 0 aliphatic rings. The standard InChI is InChI=1S/C16H13Br2FO/c1-2-11-8-12(19)4-6-13(11)16(20)14-5-3-10(9-17)7-15(14)18/h3-8H,2,9H2,1H3. The summed E-state index contributed by atoms with van der Waals surface area (Å²) in [4.78, 5) is 12.6. The number of alkyl halides is 1. The molecule has 0 saturated heterocycles. The second-order valence-corrected chi connectivity index (χ2v) is 5.85. The molecule has 0 spiro atoms. The van der Waals surface area contributed by atoms with Crippen LogP contribution in [0.1, 0.15) is 34.0 Å². The van der Waals surface area contributed by atoms with E-state index >= 15 is 0 Å². The molecule has 2 rings (SSSR count). The third-order valence-electron chi connectivity index (χ3n) is 3.13. The van der Waals surface area contributed by atoms with Crippen LogP contribution in [0.3, 0.4) is 0 Å². The van der Waals surface area contributed by atoms with Gasteiger partial charge in [-0.25, -0.2) is 4.39 Å². The lowest BCUT2D eigenvalue weighted by Crippen LogP contribution is -2.06.